The molecule has 2 aromatic heterocycles. The fourth-order valence-electron chi connectivity index (χ4n) is 5.42. The van der Waals surface area contributed by atoms with E-state index in [9.17, 15) is 0 Å². The molecule has 1 atom stereocenters. The minimum Gasteiger partial charge on any atom is -0.352 e. The molecular weight excluding hydrogens is 394 g/mol. The summed E-state index contributed by atoms with van der Waals surface area (Å²) in [5, 5.41) is 9.96. The van der Waals surface area contributed by atoms with E-state index in [2.05, 4.69) is 79.5 Å². The Morgan fingerprint density at radius 3 is 2.53 bits per heavy atom. The summed E-state index contributed by atoms with van der Waals surface area (Å²) in [6.07, 6.45) is 3.65. The lowest BCUT2D eigenvalue weighted by atomic mass is 9.89. The number of aryl methyl sites for hydroxylation is 2. The van der Waals surface area contributed by atoms with Gasteiger partial charge in [-0.3, -0.25) is 4.90 Å². The first-order valence-electron chi connectivity index (χ1n) is 11.6. The molecule has 0 amide bonds. The summed E-state index contributed by atoms with van der Waals surface area (Å²) in [5.41, 5.74) is 7.99. The van der Waals surface area contributed by atoms with Crippen LogP contribution in [0.3, 0.4) is 0 Å². The molecule has 0 saturated carbocycles. The number of nitrogens with zero attached hydrogens (tertiary/aromatic N) is 4. The van der Waals surface area contributed by atoms with Crippen LogP contribution >= 0.6 is 0 Å². The van der Waals surface area contributed by atoms with Gasteiger partial charge < -0.3 is 5.32 Å². The highest BCUT2D eigenvalue weighted by atomic mass is 15.4. The number of hydrogen-bond acceptors (Lipinski definition) is 4. The first-order chi connectivity index (χ1) is 15.5. The van der Waals surface area contributed by atoms with Gasteiger partial charge in [0.25, 0.3) is 0 Å². The maximum Gasteiger partial charge on any atom is 0.166 e. The summed E-state index contributed by atoms with van der Waals surface area (Å²) in [6, 6.07) is 19.2. The monoisotopic (exact) mass is 423 g/mol. The second-order valence-corrected chi connectivity index (χ2v) is 9.49. The van der Waals surface area contributed by atoms with Crippen molar-refractivity contribution in [1.82, 2.24) is 19.7 Å². The fourth-order valence-corrected chi connectivity index (χ4v) is 5.42. The SMILES string of the molecule is Cc1ccc(-c2c3c(nc4c2c(C)nn4-c2ccccc2)NC2(C)CCCCN2C3)cc1. The van der Waals surface area contributed by atoms with Crippen LogP contribution in [0.5, 0.6) is 0 Å². The van der Waals surface area contributed by atoms with Gasteiger partial charge >= 0.3 is 0 Å². The second-order valence-electron chi connectivity index (χ2n) is 9.49. The molecule has 1 unspecified atom stereocenters. The van der Waals surface area contributed by atoms with Crippen molar-refractivity contribution >= 4 is 16.9 Å². The van der Waals surface area contributed by atoms with Crippen LogP contribution in [-0.2, 0) is 6.54 Å². The normalized spacial score (nSPS) is 20.6. The van der Waals surface area contributed by atoms with E-state index in [0.29, 0.717) is 0 Å². The maximum atomic E-state index is 5.22. The molecule has 0 bridgehead atoms. The van der Waals surface area contributed by atoms with E-state index in [1.54, 1.807) is 0 Å². The molecule has 2 aliphatic heterocycles. The highest BCUT2D eigenvalue weighted by Crippen LogP contribution is 2.44. The van der Waals surface area contributed by atoms with E-state index in [1.807, 2.05) is 10.7 Å². The molecule has 32 heavy (non-hydrogen) atoms. The lowest BCUT2D eigenvalue weighted by molar-refractivity contribution is 0.0691. The van der Waals surface area contributed by atoms with Gasteiger partial charge in [-0.05, 0) is 57.7 Å². The zero-order valence-corrected chi connectivity index (χ0v) is 19.0. The van der Waals surface area contributed by atoms with Gasteiger partial charge in [0.1, 0.15) is 5.82 Å². The Kier molecular flexibility index (Phi) is 4.37. The highest BCUT2D eigenvalue weighted by Gasteiger charge is 2.40. The lowest BCUT2D eigenvalue weighted by Gasteiger charge is -2.49. The van der Waals surface area contributed by atoms with Crippen molar-refractivity contribution < 1.29 is 0 Å². The molecule has 0 radical (unpaired) electrons. The Morgan fingerprint density at radius 1 is 0.969 bits per heavy atom. The predicted molar refractivity (Wildman–Crippen MR) is 130 cm³/mol. The molecule has 5 nitrogen and oxygen atoms in total. The van der Waals surface area contributed by atoms with Crippen LogP contribution in [0.25, 0.3) is 27.8 Å². The van der Waals surface area contributed by atoms with Gasteiger partial charge in [0.05, 0.1) is 22.4 Å². The van der Waals surface area contributed by atoms with Crippen LogP contribution < -0.4 is 5.32 Å². The molecule has 2 aliphatic rings. The van der Waals surface area contributed by atoms with Crippen LogP contribution in [0.4, 0.5) is 5.82 Å². The summed E-state index contributed by atoms with van der Waals surface area (Å²) in [5.74, 6) is 1.01. The van der Waals surface area contributed by atoms with E-state index in [1.165, 1.54) is 35.1 Å². The van der Waals surface area contributed by atoms with Gasteiger partial charge in [-0.1, -0.05) is 48.0 Å². The van der Waals surface area contributed by atoms with E-state index in [-0.39, 0.29) is 5.66 Å². The fraction of sp³-hybridized carbons (Fsp3) is 0.333. The van der Waals surface area contributed by atoms with Crippen molar-refractivity contribution in [3.63, 3.8) is 0 Å². The summed E-state index contributed by atoms with van der Waals surface area (Å²) in [7, 11) is 0. The highest BCUT2D eigenvalue weighted by molar-refractivity contribution is 5.99. The average Bonchev–Trinajstić information content (AvgIpc) is 3.13. The number of piperidine rings is 1. The first-order valence-corrected chi connectivity index (χ1v) is 11.6. The average molecular weight is 424 g/mol. The lowest BCUT2D eigenvalue weighted by Crippen LogP contribution is -2.57. The van der Waals surface area contributed by atoms with Crippen LogP contribution in [0.1, 0.15) is 43.0 Å². The minimum atomic E-state index is -0.0386. The molecule has 162 valence electrons. The number of benzene rings is 2. The van der Waals surface area contributed by atoms with Gasteiger partial charge in [-0.25, -0.2) is 9.67 Å². The summed E-state index contributed by atoms with van der Waals surface area (Å²) in [6.45, 7) is 8.61. The van der Waals surface area contributed by atoms with E-state index in [4.69, 9.17) is 10.1 Å². The van der Waals surface area contributed by atoms with Crippen LogP contribution in [0.15, 0.2) is 54.6 Å². The largest absolute Gasteiger partial charge is 0.352 e. The number of para-hydroxylation sites is 1. The standard InChI is InChI=1S/C27H29N5/c1-18-11-13-20(14-12-18)24-22-17-31-16-8-7-15-27(31,3)29-25(22)28-26-23(24)19(2)30-32(26)21-9-5-4-6-10-21/h4-6,9-14H,7-8,15-17H2,1-3H3,(H,28,29). The van der Waals surface area contributed by atoms with Crippen molar-refractivity contribution in [1.29, 1.82) is 0 Å². The number of fused-ring (bicyclic) bond motifs is 3. The third kappa shape index (κ3) is 2.95. The van der Waals surface area contributed by atoms with Gasteiger partial charge in [-0.15, -0.1) is 0 Å². The Morgan fingerprint density at radius 2 is 1.75 bits per heavy atom. The molecule has 4 heterocycles. The number of rotatable bonds is 2. The van der Waals surface area contributed by atoms with Crippen molar-refractivity contribution in [2.45, 2.75) is 52.2 Å². The molecular formula is C27H29N5. The van der Waals surface area contributed by atoms with Gasteiger partial charge in [0.2, 0.25) is 0 Å². The molecule has 0 spiro atoms. The molecule has 0 aliphatic carbocycles. The summed E-state index contributed by atoms with van der Waals surface area (Å²) in [4.78, 5) is 7.81. The number of nitrogens with one attached hydrogen (secondary N) is 1. The quantitative estimate of drug-likeness (QED) is 0.440. The van der Waals surface area contributed by atoms with Crippen molar-refractivity contribution in [3.05, 3.63) is 71.4 Å². The zero-order valence-electron chi connectivity index (χ0n) is 19.0. The molecule has 4 aromatic rings. The molecule has 5 heteroatoms. The summed E-state index contributed by atoms with van der Waals surface area (Å²) < 4.78 is 2.00. The predicted octanol–water partition coefficient (Wildman–Crippen LogP) is 5.83. The van der Waals surface area contributed by atoms with Crippen LogP contribution in [0, 0.1) is 13.8 Å². The van der Waals surface area contributed by atoms with Crippen molar-refractivity contribution in [2.75, 3.05) is 11.9 Å². The van der Waals surface area contributed by atoms with Crippen molar-refractivity contribution in [3.8, 4) is 16.8 Å². The first kappa shape index (κ1) is 19.5. The second kappa shape index (κ2) is 7.17. The smallest absolute Gasteiger partial charge is 0.166 e. The number of aromatic nitrogens is 3. The van der Waals surface area contributed by atoms with Crippen LogP contribution in [-0.4, -0.2) is 31.9 Å². The summed E-state index contributed by atoms with van der Waals surface area (Å²) >= 11 is 0. The topological polar surface area (TPSA) is 46.0 Å². The third-order valence-corrected chi connectivity index (χ3v) is 7.21. The minimum absolute atomic E-state index is 0.0386. The zero-order chi connectivity index (χ0) is 21.9. The molecule has 2 aromatic carbocycles. The third-order valence-electron chi connectivity index (χ3n) is 7.21. The Labute approximate surface area is 189 Å². The van der Waals surface area contributed by atoms with Crippen LogP contribution in [0.2, 0.25) is 0 Å². The maximum absolute atomic E-state index is 5.22. The molecule has 6 rings (SSSR count). The van der Waals surface area contributed by atoms with Gasteiger partial charge in [0, 0.05) is 24.2 Å². The van der Waals surface area contributed by atoms with E-state index in [0.717, 1.165) is 47.7 Å². The van der Waals surface area contributed by atoms with Gasteiger partial charge in [-0.2, -0.15) is 5.10 Å². The molecule has 1 N–H and O–H groups in total. The Bertz CT molecular complexity index is 1310. The van der Waals surface area contributed by atoms with E-state index >= 15 is 0 Å². The van der Waals surface area contributed by atoms with Crippen molar-refractivity contribution in [2.24, 2.45) is 0 Å². The van der Waals surface area contributed by atoms with Gasteiger partial charge in [0.15, 0.2) is 5.65 Å². The number of anilines is 1. The molecule has 1 saturated heterocycles. The van der Waals surface area contributed by atoms with E-state index < -0.39 is 0 Å². The Hall–Kier alpha value is -3.18. The number of pyridine rings is 1. The molecule has 1 fully saturated rings. The Balaban J connectivity index is 1.66. The number of hydrogen-bond donors (Lipinski definition) is 1.